The number of piperidine rings is 1. The van der Waals surface area contributed by atoms with Crippen LogP contribution in [0.1, 0.15) is 30.4 Å². The third kappa shape index (κ3) is 4.46. The zero-order valence-corrected chi connectivity index (χ0v) is 18.9. The number of fused-ring (bicyclic) bond motifs is 2. The third-order valence-electron chi connectivity index (χ3n) is 6.79. The topological polar surface area (TPSA) is 24.9 Å². The first-order chi connectivity index (χ1) is 15.8. The Hall–Kier alpha value is -2.98. The maximum absolute atomic E-state index is 6.18. The highest BCUT2D eigenvalue weighted by molar-refractivity contribution is 5.72. The van der Waals surface area contributed by atoms with Crippen molar-refractivity contribution in [2.45, 2.75) is 38.3 Å². The van der Waals surface area contributed by atoms with Gasteiger partial charge in [0.25, 0.3) is 0 Å². The number of likely N-dealkylation sites (tertiary alicyclic amines) is 1. The number of methoxy groups -OCH3 is 1. The van der Waals surface area contributed by atoms with Crippen LogP contribution in [0, 0.1) is 0 Å². The van der Waals surface area contributed by atoms with Crippen molar-refractivity contribution in [2.24, 2.45) is 0 Å². The molecule has 0 N–H and O–H groups in total. The molecular formula is C28H32N2O2. The van der Waals surface area contributed by atoms with E-state index in [0.29, 0.717) is 12.6 Å². The zero-order valence-electron chi connectivity index (χ0n) is 18.9. The summed E-state index contributed by atoms with van der Waals surface area (Å²) in [7, 11) is 1.74. The normalized spacial score (nSPS) is 18.3. The van der Waals surface area contributed by atoms with Crippen LogP contribution in [0.3, 0.4) is 0 Å². The molecule has 0 aromatic heterocycles. The summed E-state index contributed by atoms with van der Waals surface area (Å²) < 4.78 is 11.6. The summed E-state index contributed by atoms with van der Waals surface area (Å²) in [5, 5.41) is 0. The minimum Gasteiger partial charge on any atom is -0.497 e. The Morgan fingerprint density at radius 2 is 1.78 bits per heavy atom. The number of anilines is 2. The van der Waals surface area contributed by atoms with Gasteiger partial charge in [-0.3, -0.25) is 4.90 Å². The van der Waals surface area contributed by atoms with Gasteiger partial charge in [0.2, 0.25) is 0 Å². The lowest BCUT2D eigenvalue weighted by molar-refractivity contribution is 0.154. The molecule has 4 heteroatoms. The molecular weight excluding hydrogens is 396 g/mol. The molecule has 5 rings (SSSR count). The molecule has 166 valence electrons. The molecule has 4 nitrogen and oxygen atoms in total. The van der Waals surface area contributed by atoms with E-state index in [9.17, 15) is 0 Å². The van der Waals surface area contributed by atoms with Crippen LogP contribution >= 0.6 is 0 Å². The summed E-state index contributed by atoms with van der Waals surface area (Å²) in [5.74, 6) is 1.91. The molecule has 1 saturated heterocycles. The van der Waals surface area contributed by atoms with E-state index < -0.39 is 0 Å². The maximum Gasteiger partial charge on any atom is 0.143 e. The molecule has 2 heterocycles. The molecule has 0 bridgehead atoms. The number of hydrogen-bond acceptors (Lipinski definition) is 4. The summed E-state index contributed by atoms with van der Waals surface area (Å²) in [4.78, 5) is 5.19. The van der Waals surface area contributed by atoms with Crippen molar-refractivity contribution in [2.75, 3.05) is 31.6 Å². The molecule has 3 aromatic rings. The molecule has 2 aliphatic heterocycles. The van der Waals surface area contributed by atoms with Gasteiger partial charge < -0.3 is 14.4 Å². The van der Waals surface area contributed by atoms with E-state index in [1.807, 2.05) is 6.07 Å². The summed E-state index contributed by atoms with van der Waals surface area (Å²) >= 11 is 0. The molecule has 0 spiro atoms. The van der Waals surface area contributed by atoms with E-state index in [2.05, 4.69) is 76.5 Å². The van der Waals surface area contributed by atoms with Gasteiger partial charge in [-0.15, -0.1) is 0 Å². The fourth-order valence-electron chi connectivity index (χ4n) is 5.05. The van der Waals surface area contributed by atoms with Crippen molar-refractivity contribution in [3.8, 4) is 11.5 Å². The fraction of sp³-hybridized carbons (Fsp3) is 0.357. The second-order valence-corrected chi connectivity index (χ2v) is 8.78. The average molecular weight is 429 g/mol. The molecule has 0 aliphatic carbocycles. The van der Waals surface area contributed by atoms with Crippen LogP contribution in [0.4, 0.5) is 11.4 Å². The van der Waals surface area contributed by atoms with E-state index >= 15 is 0 Å². The van der Waals surface area contributed by atoms with Gasteiger partial charge in [0, 0.05) is 30.4 Å². The van der Waals surface area contributed by atoms with Crippen LogP contribution in [0.5, 0.6) is 11.5 Å². The van der Waals surface area contributed by atoms with Gasteiger partial charge >= 0.3 is 0 Å². The Kier molecular flexibility index (Phi) is 6.31. The molecule has 0 amide bonds. The van der Waals surface area contributed by atoms with E-state index in [1.165, 1.54) is 48.3 Å². The van der Waals surface area contributed by atoms with Gasteiger partial charge in [-0.25, -0.2) is 0 Å². The molecule has 32 heavy (non-hydrogen) atoms. The molecule has 1 fully saturated rings. The van der Waals surface area contributed by atoms with Crippen LogP contribution in [0.15, 0.2) is 72.8 Å². The van der Waals surface area contributed by atoms with Crippen LogP contribution in [0.25, 0.3) is 0 Å². The number of benzene rings is 3. The number of rotatable bonds is 6. The molecule has 0 radical (unpaired) electrons. The van der Waals surface area contributed by atoms with Crippen molar-refractivity contribution < 1.29 is 9.47 Å². The van der Waals surface area contributed by atoms with Crippen molar-refractivity contribution in [1.82, 2.24) is 4.90 Å². The number of para-hydroxylation sites is 3. The summed E-state index contributed by atoms with van der Waals surface area (Å²) in [6.45, 7) is 3.84. The second kappa shape index (κ2) is 9.66. The average Bonchev–Trinajstić information content (AvgIpc) is 3.01. The second-order valence-electron chi connectivity index (χ2n) is 8.78. The SMILES string of the molecule is COc1cccc(CCN2CCCC[C@@H]2CN2c3ccccc3COc3ccccc32)c1. The van der Waals surface area contributed by atoms with E-state index in [1.54, 1.807) is 7.11 Å². The summed E-state index contributed by atoms with van der Waals surface area (Å²) in [6.07, 6.45) is 4.86. The minimum absolute atomic E-state index is 0.522. The smallest absolute Gasteiger partial charge is 0.143 e. The van der Waals surface area contributed by atoms with Gasteiger partial charge in [-0.05, 0) is 61.7 Å². The highest BCUT2D eigenvalue weighted by Crippen LogP contribution is 2.40. The van der Waals surface area contributed by atoms with E-state index in [4.69, 9.17) is 9.47 Å². The van der Waals surface area contributed by atoms with Crippen LogP contribution in [0.2, 0.25) is 0 Å². The highest BCUT2D eigenvalue weighted by Gasteiger charge is 2.28. The van der Waals surface area contributed by atoms with Crippen LogP contribution < -0.4 is 14.4 Å². The lowest BCUT2D eigenvalue weighted by Gasteiger charge is -2.39. The van der Waals surface area contributed by atoms with Crippen molar-refractivity contribution >= 4 is 11.4 Å². The largest absolute Gasteiger partial charge is 0.497 e. The zero-order chi connectivity index (χ0) is 21.8. The molecule has 0 unspecified atom stereocenters. The van der Waals surface area contributed by atoms with Gasteiger partial charge in [0.1, 0.15) is 18.1 Å². The number of nitrogens with zero attached hydrogens (tertiary/aromatic N) is 2. The summed E-state index contributed by atoms with van der Waals surface area (Å²) in [6, 6.07) is 26.1. The third-order valence-corrected chi connectivity index (χ3v) is 6.79. The molecule has 1 atom stereocenters. The monoisotopic (exact) mass is 428 g/mol. The molecule has 0 saturated carbocycles. The summed E-state index contributed by atoms with van der Waals surface area (Å²) in [5.41, 5.74) is 5.04. The van der Waals surface area contributed by atoms with E-state index in [0.717, 1.165) is 31.0 Å². The predicted molar refractivity (Wildman–Crippen MR) is 130 cm³/mol. The Balaban J connectivity index is 1.38. The Labute approximate surface area is 191 Å². The van der Waals surface area contributed by atoms with Gasteiger partial charge in [0.05, 0.1) is 12.8 Å². The first kappa shape index (κ1) is 20.9. The first-order valence-electron chi connectivity index (χ1n) is 11.8. The molecule has 2 aliphatic rings. The fourth-order valence-corrected chi connectivity index (χ4v) is 5.05. The first-order valence-corrected chi connectivity index (χ1v) is 11.8. The lowest BCUT2D eigenvalue weighted by Crippen LogP contribution is -2.46. The quantitative estimate of drug-likeness (QED) is 0.494. The maximum atomic E-state index is 6.18. The van der Waals surface area contributed by atoms with Crippen LogP contribution in [-0.4, -0.2) is 37.7 Å². The number of ether oxygens (including phenoxy) is 2. The highest BCUT2D eigenvalue weighted by atomic mass is 16.5. The van der Waals surface area contributed by atoms with Gasteiger partial charge in [-0.2, -0.15) is 0 Å². The van der Waals surface area contributed by atoms with Crippen molar-refractivity contribution in [3.05, 3.63) is 83.9 Å². The Bertz CT molecular complexity index is 1000. The van der Waals surface area contributed by atoms with Crippen molar-refractivity contribution in [3.63, 3.8) is 0 Å². The minimum atomic E-state index is 0.522. The number of hydrogen-bond donors (Lipinski definition) is 0. The molecule has 3 aromatic carbocycles. The Morgan fingerprint density at radius 1 is 0.938 bits per heavy atom. The van der Waals surface area contributed by atoms with Gasteiger partial charge in [0.15, 0.2) is 0 Å². The van der Waals surface area contributed by atoms with E-state index in [-0.39, 0.29) is 0 Å². The Morgan fingerprint density at radius 3 is 2.69 bits per heavy atom. The standard InChI is InChI=1S/C28H32N2O2/c1-31-25-12-8-9-22(19-25)16-18-29-17-7-6-11-24(29)20-30-26-13-3-2-10-23(26)21-32-28-15-5-4-14-27(28)30/h2-5,8-10,12-15,19,24H,6-7,11,16-18,20-21H2,1H3/t24-/m1/s1. The van der Waals surface area contributed by atoms with Crippen molar-refractivity contribution in [1.29, 1.82) is 0 Å². The van der Waals surface area contributed by atoms with Crippen LogP contribution in [-0.2, 0) is 13.0 Å². The predicted octanol–water partition coefficient (Wildman–Crippen LogP) is 5.82. The lowest BCUT2D eigenvalue weighted by atomic mass is 9.99. The van der Waals surface area contributed by atoms with Gasteiger partial charge in [-0.1, -0.05) is 48.9 Å².